The quantitative estimate of drug-likeness (QED) is 0.542. The number of carbonyl (C=O) groups is 2. The summed E-state index contributed by atoms with van der Waals surface area (Å²) in [5.74, 6) is 3.16. The van der Waals surface area contributed by atoms with Gasteiger partial charge in [-0.3, -0.25) is 9.59 Å². The van der Waals surface area contributed by atoms with Gasteiger partial charge in [0.1, 0.15) is 17.3 Å². The highest BCUT2D eigenvalue weighted by molar-refractivity contribution is 7.97. The minimum atomic E-state index is -3.94. The summed E-state index contributed by atoms with van der Waals surface area (Å²) >= 11 is 0. The van der Waals surface area contributed by atoms with Crippen LogP contribution in [0.4, 0.5) is 0 Å². The van der Waals surface area contributed by atoms with Gasteiger partial charge in [-0.05, 0) is 17.3 Å². The van der Waals surface area contributed by atoms with Crippen molar-refractivity contribution in [2.24, 2.45) is 0 Å². The molecular formula is C13H24O5S2. The van der Waals surface area contributed by atoms with Crippen molar-refractivity contribution in [1.29, 1.82) is 0 Å². The smallest absolute Gasteiger partial charge is 0.181 e. The molecule has 0 aromatic heterocycles. The van der Waals surface area contributed by atoms with Gasteiger partial charge in [0.2, 0.25) is 0 Å². The van der Waals surface area contributed by atoms with Crippen LogP contribution in [0.25, 0.3) is 0 Å². The lowest BCUT2D eigenvalue weighted by Crippen LogP contribution is -2.29. The van der Waals surface area contributed by atoms with Crippen molar-refractivity contribution in [2.45, 2.75) is 46.0 Å². The first-order valence-corrected chi connectivity index (χ1v) is 10.2. The Balaban J connectivity index is 0.000000396. The minimum Gasteiger partial charge on any atom is -0.748 e. The Hall–Kier alpha value is -0.400. The summed E-state index contributed by atoms with van der Waals surface area (Å²) in [6.45, 7) is 3.74. The average molecular weight is 324 g/mol. The predicted octanol–water partition coefficient (Wildman–Crippen LogP) is 1.28. The van der Waals surface area contributed by atoms with Gasteiger partial charge in [0.25, 0.3) is 0 Å². The molecule has 7 heteroatoms. The Bertz CT molecular complexity index is 393. The SMILES string of the molecule is CCC(=O)C[S+]1CCC(=O)CC1.CCCCS(=O)(=O)[O-]. The van der Waals surface area contributed by atoms with Crippen LogP contribution in [0.5, 0.6) is 0 Å². The van der Waals surface area contributed by atoms with Gasteiger partial charge in [-0.25, -0.2) is 8.42 Å². The average Bonchev–Trinajstić information content (AvgIpc) is 2.39. The van der Waals surface area contributed by atoms with E-state index in [9.17, 15) is 22.6 Å². The zero-order chi connectivity index (χ0) is 15.6. The van der Waals surface area contributed by atoms with Gasteiger partial charge in [0, 0.05) is 12.2 Å². The van der Waals surface area contributed by atoms with Crippen LogP contribution in [0.3, 0.4) is 0 Å². The number of hydrogen-bond acceptors (Lipinski definition) is 5. The van der Waals surface area contributed by atoms with Crippen molar-refractivity contribution in [3.63, 3.8) is 0 Å². The second kappa shape index (κ2) is 10.3. The molecule has 0 atom stereocenters. The Labute approximate surface area is 124 Å². The molecule has 0 aliphatic carbocycles. The van der Waals surface area contributed by atoms with Gasteiger partial charge in [-0.2, -0.15) is 0 Å². The maximum atomic E-state index is 11.1. The van der Waals surface area contributed by atoms with Gasteiger partial charge in [-0.15, -0.1) is 0 Å². The van der Waals surface area contributed by atoms with Crippen molar-refractivity contribution < 1.29 is 22.6 Å². The first-order chi connectivity index (χ1) is 9.28. The van der Waals surface area contributed by atoms with Crippen molar-refractivity contribution in [3.8, 4) is 0 Å². The minimum absolute atomic E-state index is 0.219. The van der Waals surface area contributed by atoms with E-state index in [1.165, 1.54) is 0 Å². The van der Waals surface area contributed by atoms with E-state index in [4.69, 9.17) is 0 Å². The van der Waals surface area contributed by atoms with Crippen LogP contribution in [-0.4, -0.2) is 47.5 Å². The van der Waals surface area contributed by atoms with Crippen LogP contribution >= 0.6 is 0 Å². The molecule has 0 N–H and O–H groups in total. The van der Waals surface area contributed by atoms with E-state index in [0.717, 1.165) is 23.7 Å². The maximum absolute atomic E-state index is 11.1. The number of rotatable bonds is 6. The van der Waals surface area contributed by atoms with Crippen molar-refractivity contribution in [3.05, 3.63) is 0 Å². The Morgan fingerprint density at radius 2 is 1.80 bits per heavy atom. The number of ketones is 2. The highest BCUT2D eigenvalue weighted by Gasteiger charge is 2.27. The summed E-state index contributed by atoms with van der Waals surface area (Å²) in [7, 11) is -3.70. The molecule has 1 aliphatic rings. The van der Waals surface area contributed by atoms with Crippen LogP contribution in [0.15, 0.2) is 0 Å². The fourth-order valence-corrected chi connectivity index (χ4v) is 4.37. The molecule has 0 radical (unpaired) electrons. The monoisotopic (exact) mass is 324 g/mol. The summed E-state index contributed by atoms with van der Waals surface area (Å²) in [6, 6.07) is 0. The predicted molar refractivity (Wildman–Crippen MR) is 81.0 cm³/mol. The Kier molecular flexibility index (Phi) is 10.1. The summed E-state index contributed by atoms with van der Waals surface area (Å²) < 4.78 is 29.5. The Morgan fingerprint density at radius 1 is 1.25 bits per heavy atom. The molecule has 5 nitrogen and oxygen atoms in total. The summed E-state index contributed by atoms with van der Waals surface area (Å²) in [5.41, 5.74) is 0. The molecule has 1 heterocycles. The molecule has 0 spiro atoms. The number of unbranched alkanes of at least 4 members (excludes halogenated alkanes) is 1. The summed E-state index contributed by atoms with van der Waals surface area (Å²) in [5, 5.41) is 0. The third kappa shape index (κ3) is 11.4. The van der Waals surface area contributed by atoms with Crippen LogP contribution < -0.4 is 0 Å². The van der Waals surface area contributed by atoms with Crippen molar-refractivity contribution in [2.75, 3.05) is 23.0 Å². The molecule has 0 bridgehead atoms. The second-order valence-electron chi connectivity index (χ2n) is 4.71. The van der Waals surface area contributed by atoms with Gasteiger partial charge < -0.3 is 4.55 Å². The molecule has 0 saturated carbocycles. The van der Waals surface area contributed by atoms with E-state index in [2.05, 4.69) is 0 Å². The molecule has 1 aliphatic heterocycles. The summed E-state index contributed by atoms with van der Waals surface area (Å²) in [4.78, 5) is 22.0. The van der Waals surface area contributed by atoms with E-state index in [1.807, 2.05) is 13.8 Å². The Morgan fingerprint density at radius 3 is 2.15 bits per heavy atom. The zero-order valence-corrected chi connectivity index (χ0v) is 13.9. The normalized spacial score (nSPS) is 16.4. The van der Waals surface area contributed by atoms with Crippen LogP contribution in [-0.2, 0) is 30.6 Å². The van der Waals surface area contributed by atoms with Gasteiger partial charge >= 0.3 is 0 Å². The van der Waals surface area contributed by atoms with E-state index in [1.54, 1.807) is 0 Å². The molecule has 1 fully saturated rings. The number of Topliss-reactive ketones (excluding diaryl/α,β-unsaturated/α-hetero) is 2. The zero-order valence-electron chi connectivity index (χ0n) is 12.2. The largest absolute Gasteiger partial charge is 0.748 e. The highest BCUT2D eigenvalue weighted by atomic mass is 32.2. The first kappa shape index (κ1) is 19.6. The third-order valence-electron chi connectivity index (χ3n) is 2.85. The highest BCUT2D eigenvalue weighted by Crippen LogP contribution is 2.11. The molecule has 1 saturated heterocycles. The molecule has 1 rings (SSSR count). The summed E-state index contributed by atoms with van der Waals surface area (Å²) in [6.07, 6.45) is 3.30. The molecular weight excluding hydrogens is 300 g/mol. The van der Waals surface area contributed by atoms with Crippen molar-refractivity contribution >= 4 is 32.6 Å². The van der Waals surface area contributed by atoms with E-state index >= 15 is 0 Å². The van der Waals surface area contributed by atoms with Crippen LogP contribution in [0, 0.1) is 0 Å². The standard InChI is InChI=1S/C9H15O2S.C4H10O3S/c1-2-8(10)7-12-5-3-9(11)4-6-12;1-2-3-4-8(5,6)7/h2-7H2,1H3;2-4H2,1H3,(H,5,6,7)/q+1;/p-1. The van der Waals surface area contributed by atoms with Crippen molar-refractivity contribution in [1.82, 2.24) is 0 Å². The lowest BCUT2D eigenvalue weighted by atomic mass is 10.2. The number of hydrogen-bond donors (Lipinski definition) is 0. The molecule has 0 aromatic rings. The lowest BCUT2D eigenvalue weighted by Gasteiger charge is -2.11. The van der Waals surface area contributed by atoms with Crippen LogP contribution in [0.1, 0.15) is 46.0 Å². The van der Waals surface area contributed by atoms with Gasteiger partial charge in [0.15, 0.2) is 11.5 Å². The molecule has 118 valence electrons. The first-order valence-electron chi connectivity index (χ1n) is 6.89. The van der Waals surface area contributed by atoms with E-state index in [0.29, 0.717) is 37.2 Å². The fraction of sp³-hybridized carbons (Fsp3) is 0.846. The van der Waals surface area contributed by atoms with E-state index < -0.39 is 10.1 Å². The molecule has 0 amide bonds. The number of carbonyl (C=O) groups excluding carboxylic acids is 2. The lowest BCUT2D eigenvalue weighted by molar-refractivity contribution is -0.119. The van der Waals surface area contributed by atoms with Crippen LogP contribution in [0.2, 0.25) is 0 Å². The fourth-order valence-electron chi connectivity index (χ4n) is 1.54. The third-order valence-corrected chi connectivity index (χ3v) is 5.93. The topological polar surface area (TPSA) is 91.3 Å². The molecule has 0 unspecified atom stereocenters. The molecule has 0 aromatic carbocycles. The van der Waals surface area contributed by atoms with Gasteiger partial charge in [-0.1, -0.05) is 20.3 Å². The van der Waals surface area contributed by atoms with E-state index in [-0.39, 0.29) is 16.6 Å². The van der Waals surface area contributed by atoms with Gasteiger partial charge in [0.05, 0.1) is 23.0 Å². The molecule has 20 heavy (non-hydrogen) atoms. The maximum Gasteiger partial charge on any atom is 0.181 e. The second-order valence-corrected chi connectivity index (χ2v) is 8.56.